The monoisotopic (exact) mass is 647 g/mol. The second kappa shape index (κ2) is 19.8. The van der Waals surface area contributed by atoms with Gasteiger partial charge in [-0.2, -0.15) is 0 Å². The van der Waals surface area contributed by atoms with E-state index in [-0.39, 0.29) is 74.9 Å². The number of piperidine rings is 1. The summed E-state index contributed by atoms with van der Waals surface area (Å²) < 4.78 is 22.1. The summed E-state index contributed by atoms with van der Waals surface area (Å²) in [6.45, 7) is 9.11. The molecule has 1 unspecified atom stereocenters. The first-order chi connectivity index (χ1) is 20.0. The van der Waals surface area contributed by atoms with Gasteiger partial charge in [0.1, 0.15) is 6.04 Å². The number of amides is 4. The number of rotatable bonds is 17. The third-order valence-corrected chi connectivity index (χ3v) is 7.21. The molecule has 4 rings (SSSR count). The number of carbonyl (C=O) groups is 4. The molecule has 3 aliphatic rings. The summed E-state index contributed by atoms with van der Waals surface area (Å²) in [5, 5.41) is 8.47. The highest BCUT2D eigenvalue weighted by Gasteiger charge is 2.39. The fourth-order valence-electron chi connectivity index (χ4n) is 4.97. The van der Waals surface area contributed by atoms with E-state index in [2.05, 4.69) is 20.9 Å². The maximum Gasteiger partial charge on any atom is 0.255 e. The molecule has 0 bridgehead atoms. The van der Waals surface area contributed by atoms with Gasteiger partial charge in [-0.05, 0) is 18.6 Å². The fraction of sp³-hybridized carbons (Fsp3) is 0.643. The zero-order valence-electron chi connectivity index (χ0n) is 24.3. The Morgan fingerprint density at radius 2 is 1.51 bits per heavy atom. The molecule has 3 heterocycles. The molecule has 13 nitrogen and oxygen atoms in total. The van der Waals surface area contributed by atoms with Crippen molar-refractivity contribution in [2.24, 2.45) is 0 Å². The van der Waals surface area contributed by atoms with Crippen molar-refractivity contribution in [2.45, 2.75) is 31.8 Å². The molecule has 15 heteroatoms. The molecule has 1 aromatic rings. The minimum atomic E-state index is -0.704. The van der Waals surface area contributed by atoms with Crippen molar-refractivity contribution < 1.29 is 38.1 Å². The smallest absolute Gasteiger partial charge is 0.255 e. The summed E-state index contributed by atoms with van der Waals surface area (Å²) in [5.41, 5.74) is 1.64. The van der Waals surface area contributed by atoms with E-state index in [4.69, 9.17) is 18.9 Å². The lowest BCUT2D eigenvalue weighted by molar-refractivity contribution is -0.137. The van der Waals surface area contributed by atoms with Crippen molar-refractivity contribution in [3.05, 3.63) is 29.3 Å². The van der Waals surface area contributed by atoms with Gasteiger partial charge in [0.15, 0.2) is 0 Å². The number of nitrogens with one attached hydrogen (secondary N) is 3. The zero-order valence-corrected chi connectivity index (χ0v) is 25.9. The van der Waals surface area contributed by atoms with Gasteiger partial charge in [-0.25, -0.2) is 0 Å². The molecule has 242 valence electrons. The number of anilines is 1. The first-order valence-electron chi connectivity index (χ1n) is 14.3. The molecule has 1 atom stereocenters. The van der Waals surface area contributed by atoms with Crippen LogP contribution in [0.5, 0.6) is 0 Å². The van der Waals surface area contributed by atoms with E-state index in [1.165, 1.54) is 4.90 Å². The first-order valence-corrected chi connectivity index (χ1v) is 14.3. The highest BCUT2D eigenvalue weighted by Crippen LogP contribution is 2.32. The van der Waals surface area contributed by atoms with Gasteiger partial charge < -0.3 is 34.5 Å². The molecule has 0 radical (unpaired) electrons. The first kappa shape index (κ1) is 36.8. The van der Waals surface area contributed by atoms with E-state index in [9.17, 15) is 19.2 Å². The van der Waals surface area contributed by atoms with Crippen LogP contribution in [0, 0.1) is 0 Å². The number of imide groups is 1. The number of hydrogen-bond donors (Lipinski definition) is 3. The molecule has 2 fully saturated rings. The quantitative estimate of drug-likeness (QED) is 0.162. The SMILES string of the molecule is Cl.Cl.O=C1CCC(N2Cc3c(NC(=O)CCOCCOCCOCCOCCN4CCNCC4)cccc3C2=O)C(=O)N1. The number of nitrogens with zero attached hydrogens (tertiary/aromatic N) is 2. The number of fused-ring (bicyclic) bond motifs is 1. The highest BCUT2D eigenvalue weighted by atomic mass is 35.5. The second-order valence-corrected chi connectivity index (χ2v) is 10.1. The molecular formula is C28H43Cl2N5O8. The van der Waals surface area contributed by atoms with Gasteiger partial charge in [0.05, 0.1) is 59.3 Å². The van der Waals surface area contributed by atoms with E-state index in [1.807, 2.05) is 0 Å². The van der Waals surface area contributed by atoms with Crippen molar-refractivity contribution in [3.8, 4) is 0 Å². The number of hydrogen-bond acceptors (Lipinski definition) is 10. The molecular weight excluding hydrogens is 605 g/mol. The van der Waals surface area contributed by atoms with Gasteiger partial charge in [-0.15, -0.1) is 24.8 Å². The van der Waals surface area contributed by atoms with Crippen molar-refractivity contribution in [1.29, 1.82) is 0 Å². The molecule has 0 aromatic heterocycles. The Bertz CT molecular complexity index is 1060. The van der Waals surface area contributed by atoms with Gasteiger partial charge in [0, 0.05) is 62.5 Å². The Morgan fingerprint density at radius 3 is 2.16 bits per heavy atom. The van der Waals surface area contributed by atoms with Crippen molar-refractivity contribution in [3.63, 3.8) is 0 Å². The Morgan fingerprint density at radius 1 is 0.884 bits per heavy atom. The predicted molar refractivity (Wildman–Crippen MR) is 163 cm³/mol. The second-order valence-electron chi connectivity index (χ2n) is 10.1. The van der Waals surface area contributed by atoms with Crippen LogP contribution in [0.4, 0.5) is 5.69 Å². The standard InChI is InChI=1S/C28H41N5O8.2ClH/c34-25-5-4-24(27(36)31-25)33-20-22-21(28(33)37)2-1-3-23(22)30-26(35)6-12-38-14-16-40-18-19-41-17-15-39-13-11-32-9-7-29-8-10-32;;/h1-3,24,29H,4-20H2,(H,30,35)(H,31,34,36);2*1H. The van der Waals surface area contributed by atoms with E-state index < -0.39 is 11.9 Å². The van der Waals surface area contributed by atoms with Crippen LogP contribution >= 0.6 is 24.8 Å². The zero-order chi connectivity index (χ0) is 28.9. The van der Waals surface area contributed by atoms with E-state index >= 15 is 0 Å². The van der Waals surface area contributed by atoms with Gasteiger partial charge in [-0.3, -0.25) is 29.4 Å². The van der Waals surface area contributed by atoms with Gasteiger partial charge in [-0.1, -0.05) is 6.07 Å². The number of carbonyl (C=O) groups excluding carboxylic acids is 4. The third kappa shape index (κ3) is 11.6. The van der Waals surface area contributed by atoms with Crippen molar-refractivity contribution in [1.82, 2.24) is 20.4 Å². The number of halogens is 2. The van der Waals surface area contributed by atoms with Crippen LogP contribution < -0.4 is 16.0 Å². The van der Waals surface area contributed by atoms with Crippen LogP contribution in [0.1, 0.15) is 35.2 Å². The van der Waals surface area contributed by atoms with Crippen LogP contribution in [0.25, 0.3) is 0 Å². The summed E-state index contributed by atoms with van der Waals surface area (Å²) in [4.78, 5) is 53.0. The summed E-state index contributed by atoms with van der Waals surface area (Å²) in [7, 11) is 0. The average Bonchev–Trinajstić information content (AvgIpc) is 3.30. The molecule has 0 aliphatic carbocycles. The van der Waals surface area contributed by atoms with Gasteiger partial charge in [0.25, 0.3) is 5.91 Å². The Labute approximate surface area is 264 Å². The van der Waals surface area contributed by atoms with E-state index in [0.717, 1.165) is 32.7 Å². The lowest BCUT2D eigenvalue weighted by Crippen LogP contribution is -2.52. The Balaban J connectivity index is 0.00000323. The Kier molecular flexibility index (Phi) is 17.0. The van der Waals surface area contributed by atoms with E-state index in [1.54, 1.807) is 18.2 Å². The maximum absolute atomic E-state index is 12.9. The molecule has 0 saturated carbocycles. The minimum absolute atomic E-state index is 0. The lowest BCUT2D eigenvalue weighted by Gasteiger charge is -2.29. The van der Waals surface area contributed by atoms with Crippen LogP contribution in [0.15, 0.2) is 18.2 Å². The summed E-state index contributed by atoms with van der Waals surface area (Å²) in [6.07, 6.45) is 0.616. The highest BCUT2D eigenvalue weighted by molar-refractivity contribution is 6.06. The number of piperazine rings is 1. The molecule has 43 heavy (non-hydrogen) atoms. The largest absolute Gasteiger partial charge is 0.379 e. The molecule has 2 saturated heterocycles. The van der Waals surface area contributed by atoms with Crippen LogP contribution in [-0.2, 0) is 39.9 Å². The van der Waals surface area contributed by atoms with Gasteiger partial charge in [0.2, 0.25) is 17.7 Å². The minimum Gasteiger partial charge on any atom is -0.379 e. The molecule has 3 aliphatic heterocycles. The summed E-state index contributed by atoms with van der Waals surface area (Å²) in [5.74, 6) is -1.33. The summed E-state index contributed by atoms with van der Waals surface area (Å²) in [6, 6.07) is 4.40. The normalized spacial score (nSPS) is 18.5. The van der Waals surface area contributed by atoms with Crippen molar-refractivity contribution >= 4 is 54.1 Å². The topological polar surface area (TPSA) is 148 Å². The van der Waals surface area contributed by atoms with Crippen LogP contribution in [-0.4, -0.2) is 125 Å². The predicted octanol–water partition coefficient (Wildman–Crippen LogP) is 0.591. The molecule has 1 aromatic carbocycles. The third-order valence-electron chi connectivity index (χ3n) is 7.21. The molecule has 0 spiro atoms. The van der Waals surface area contributed by atoms with Crippen LogP contribution in [0.2, 0.25) is 0 Å². The van der Waals surface area contributed by atoms with Crippen LogP contribution in [0.3, 0.4) is 0 Å². The van der Waals surface area contributed by atoms with Gasteiger partial charge >= 0.3 is 0 Å². The Hall–Kier alpha value is -2.36. The average molecular weight is 649 g/mol. The van der Waals surface area contributed by atoms with Crippen molar-refractivity contribution in [2.75, 3.05) is 90.9 Å². The maximum atomic E-state index is 12.9. The summed E-state index contributed by atoms with van der Waals surface area (Å²) >= 11 is 0. The van der Waals surface area contributed by atoms with E-state index in [0.29, 0.717) is 63.1 Å². The fourth-order valence-corrected chi connectivity index (χ4v) is 4.97. The lowest BCUT2D eigenvalue weighted by atomic mass is 10.0. The molecule has 4 amide bonds. The number of benzene rings is 1. The number of ether oxygens (including phenoxy) is 4. The molecule has 3 N–H and O–H groups in total.